The summed E-state index contributed by atoms with van der Waals surface area (Å²) in [6.45, 7) is 4.43. The van der Waals surface area contributed by atoms with Gasteiger partial charge in [0.25, 0.3) is 0 Å². The average Bonchev–Trinajstić information content (AvgIpc) is 2.85. The Bertz CT molecular complexity index is 1130. The summed E-state index contributed by atoms with van der Waals surface area (Å²) in [5.74, 6) is 11.9. The fraction of sp³-hybridized carbons (Fsp3) is 0.312. The third kappa shape index (κ3) is 8.29. The maximum Gasteiger partial charge on any atom is 0.140 e. The van der Waals surface area contributed by atoms with E-state index in [2.05, 4.69) is 61.8 Å². The van der Waals surface area contributed by atoms with Gasteiger partial charge >= 0.3 is 0 Å². The molecule has 0 fully saturated rings. The van der Waals surface area contributed by atoms with E-state index in [1.165, 1.54) is 55.7 Å². The van der Waals surface area contributed by atoms with Gasteiger partial charge in [-0.15, -0.1) is 0 Å². The average molecular weight is 437 g/mol. The van der Waals surface area contributed by atoms with Crippen LogP contribution in [0.1, 0.15) is 85.8 Å². The summed E-state index contributed by atoms with van der Waals surface area (Å²) in [5.41, 5.74) is 5.55. The Morgan fingerprint density at radius 1 is 0.545 bits per heavy atom. The van der Waals surface area contributed by atoms with Gasteiger partial charge in [0.1, 0.15) is 5.82 Å². The van der Waals surface area contributed by atoms with Crippen molar-refractivity contribution < 1.29 is 4.39 Å². The smallest absolute Gasteiger partial charge is 0.140 e. The molecule has 0 saturated heterocycles. The van der Waals surface area contributed by atoms with Crippen LogP contribution in [-0.4, -0.2) is 0 Å². The van der Waals surface area contributed by atoms with E-state index in [0.717, 1.165) is 24.0 Å². The lowest BCUT2D eigenvalue weighted by atomic mass is 10.0. The number of halogens is 1. The summed E-state index contributed by atoms with van der Waals surface area (Å²) in [5, 5.41) is 0. The quantitative estimate of drug-likeness (QED) is 0.247. The lowest BCUT2D eigenvalue weighted by Gasteiger charge is -2.01. The molecule has 0 atom stereocenters. The van der Waals surface area contributed by atoms with E-state index in [-0.39, 0.29) is 5.82 Å². The van der Waals surface area contributed by atoms with Crippen LogP contribution in [0.5, 0.6) is 0 Å². The lowest BCUT2D eigenvalue weighted by Crippen LogP contribution is -1.88. The van der Waals surface area contributed by atoms with Crippen molar-refractivity contribution in [1.82, 2.24) is 0 Å². The molecule has 33 heavy (non-hydrogen) atoms. The minimum atomic E-state index is -0.336. The van der Waals surface area contributed by atoms with Crippen molar-refractivity contribution in [2.24, 2.45) is 0 Å². The lowest BCUT2D eigenvalue weighted by molar-refractivity contribution is 0.624. The SMILES string of the molecule is CCCCCCc1ccc(C#Cc2ccc(C#Cc3ccc(CCCC)cc3)cc2F)cc1. The molecule has 0 bridgehead atoms. The molecule has 0 aliphatic carbocycles. The first-order valence-electron chi connectivity index (χ1n) is 12.2. The number of hydrogen-bond donors (Lipinski definition) is 0. The second kappa shape index (κ2) is 13.3. The maximum absolute atomic E-state index is 14.5. The van der Waals surface area contributed by atoms with Crippen molar-refractivity contribution in [2.45, 2.75) is 65.2 Å². The Balaban J connectivity index is 1.60. The zero-order valence-corrected chi connectivity index (χ0v) is 19.9. The van der Waals surface area contributed by atoms with Crippen LogP contribution in [0.25, 0.3) is 0 Å². The van der Waals surface area contributed by atoms with Gasteiger partial charge in [-0.3, -0.25) is 0 Å². The third-order valence-corrected chi connectivity index (χ3v) is 5.71. The topological polar surface area (TPSA) is 0 Å². The monoisotopic (exact) mass is 436 g/mol. The number of hydrogen-bond acceptors (Lipinski definition) is 0. The highest BCUT2D eigenvalue weighted by molar-refractivity contribution is 5.49. The zero-order chi connectivity index (χ0) is 23.3. The van der Waals surface area contributed by atoms with Gasteiger partial charge in [-0.1, -0.05) is 87.5 Å². The van der Waals surface area contributed by atoms with Gasteiger partial charge < -0.3 is 0 Å². The molecule has 0 amide bonds. The summed E-state index contributed by atoms with van der Waals surface area (Å²) in [7, 11) is 0. The zero-order valence-electron chi connectivity index (χ0n) is 19.9. The van der Waals surface area contributed by atoms with Crippen molar-refractivity contribution in [2.75, 3.05) is 0 Å². The number of aryl methyl sites for hydroxylation is 2. The molecule has 0 unspecified atom stereocenters. The van der Waals surface area contributed by atoms with Gasteiger partial charge in [0.15, 0.2) is 0 Å². The van der Waals surface area contributed by atoms with Crippen LogP contribution in [0, 0.1) is 29.5 Å². The molecule has 3 aromatic carbocycles. The molecule has 0 aliphatic heterocycles. The molecule has 3 rings (SSSR count). The van der Waals surface area contributed by atoms with Gasteiger partial charge in [-0.25, -0.2) is 4.39 Å². The number of benzene rings is 3. The first kappa shape index (κ1) is 24.4. The van der Waals surface area contributed by atoms with Crippen molar-refractivity contribution in [1.29, 1.82) is 0 Å². The highest BCUT2D eigenvalue weighted by atomic mass is 19.1. The number of unbranched alkanes of at least 4 members (excludes halogenated alkanes) is 4. The standard InChI is InChI=1S/C32H33F/c1-3-5-7-8-10-27-13-17-29(18-14-27)21-23-31-24-22-30(25-32(31)33)20-19-28-15-11-26(12-16-28)9-6-4-2/h11-18,22,24-25H,3-10H2,1-2H3. The van der Waals surface area contributed by atoms with Crippen LogP contribution in [0.3, 0.4) is 0 Å². The second-order valence-electron chi connectivity index (χ2n) is 8.50. The molecule has 0 radical (unpaired) electrons. The van der Waals surface area contributed by atoms with E-state index in [4.69, 9.17) is 0 Å². The van der Waals surface area contributed by atoms with Gasteiger partial charge in [-0.05, 0) is 79.3 Å². The van der Waals surface area contributed by atoms with E-state index in [1.807, 2.05) is 30.3 Å². The highest BCUT2D eigenvalue weighted by Gasteiger charge is 2.00. The summed E-state index contributed by atoms with van der Waals surface area (Å²) in [4.78, 5) is 0. The van der Waals surface area contributed by atoms with Crippen molar-refractivity contribution in [3.05, 3.63) is 106 Å². The van der Waals surface area contributed by atoms with Crippen molar-refractivity contribution in [3.8, 4) is 23.7 Å². The van der Waals surface area contributed by atoms with Gasteiger partial charge in [0.2, 0.25) is 0 Å². The minimum Gasteiger partial charge on any atom is -0.206 e. The molecule has 0 saturated carbocycles. The van der Waals surface area contributed by atoms with Crippen LogP contribution >= 0.6 is 0 Å². The molecule has 3 aromatic rings. The Hall–Kier alpha value is -3.29. The Labute approximate surface area is 199 Å². The van der Waals surface area contributed by atoms with Crippen LogP contribution in [-0.2, 0) is 12.8 Å². The molecule has 0 heterocycles. The fourth-order valence-corrected chi connectivity index (χ4v) is 3.62. The van der Waals surface area contributed by atoms with Crippen molar-refractivity contribution in [3.63, 3.8) is 0 Å². The van der Waals surface area contributed by atoms with Crippen LogP contribution in [0.4, 0.5) is 4.39 Å². The largest absolute Gasteiger partial charge is 0.206 e. The van der Waals surface area contributed by atoms with E-state index < -0.39 is 0 Å². The molecular formula is C32H33F. The molecule has 0 N–H and O–H groups in total. The van der Waals surface area contributed by atoms with Crippen molar-refractivity contribution >= 4 is 0 Å². The predicted octanol–water partition coefficient (Wildman–Crippen LogP) is 8.09. The van der Waals surface area contributed by atoms with Gasteiger partial charge in [0, 0.05) is 16.7 Å². The minimum absolute atomic E-state index is 0.336. The summed E-state index contributed by atoms with van der Waals surface area (Å²) in [6, 6.07) is 21.6. The van der Waals surface area contributed by atoms with Gasteiger partial charge in [0.05, 0.1) is 5.56 Å². The molecule has 0 nitrogen and oxygen atoms in total. The first-order valence-corrected chi connectivity index (χ1v) is 12.2. The van der Waals surface area contributed by atoms with E-state index in [1.54, 1.807) is 6.07 Å². The Kier molecular flexibility index (Phi) is 9.82. The molecular weight excluding hydrogens is 403 g/mol. The molecule has 1 heteroatoms. The van der Waals surface area contributed by atoms with E-state index >= 15 is 0 Å². The Morgan fingerprint density at radius 3 is 1.64 bits per heavy atom. The molecule has 168 valence electrons. The van der Waals surface area contributed by atoms with Gasteiger partial charge in [-0.2, -0.15) is 0 Å². The second-order valence-corrected chi connectivity index (χ2v) is 8.50. The molecule has 0 aliphatic rings. The normalized spacial score (nSPS) is 10.2. The van der Waals surface area contributed by atoms with Crippen LogP contribution in [0.2, 0.25) is 0 Å². The van der Waals surface area contributed by atoms with E-state index in [9.17, 15) is 4.39 Å². The predicted molar refractivity (Wildman–Crippen MR) is 138 cm³/mol. The Morgan fingerprint density at radius 2 is 1.06 bits per heavy atom. The summed E-state index contributed by atoms with van der Waals surface area (Å²) in [6.07, 6.45) is 9.65. The van der Waals surface area contributed by atoms with Crippen LogP contribution in [0.15, 0.2) is 66.7 Å². The maximum atomic E-state index is 14.5. The highest BCUT2D eigenvalue weighted by Crippen LogP contribution is 2.12. The first-order chi connectivity index (χ1) is 16.2. The number of rotatable bonds is 8. The summed E-state index contributed by atoms with van der Waals surface area (Å²) < 4.78 is 14.5. The third-order valence-electron chi connectivity index (χ3n) is 5.71. The summed E-state index contributed by atoms with van der Waals surface area (Å²) >= 11 is 0. The van der Waals surface area contributed by atoms with E-state index in [0.29, 0.717) is 11.1 Å². The molecule has 0 aromatic heterocycles. The molecule has 0 spiro atoms. The fourth-order valence-electron chi connectivity index (χ4n) is 3.62. The van der Waals surface area contributed by atoms with Crippen LogP contribution < -0.4 is 0 Å².